The molecule has 0 aliphatic rings. The third-order valence-electron chi connectivity index (χ3n) is 5.78. The van der Waals surface area contributed by atoms with Gasteiger partial charge in [0, 0.05) is 27.2 Å². The number of aliphatic hydroxyl groups excluding tert-OH is 1. The average Bonchev–Trinajstić information content (AvgIpc) is 3.16. The number of hydrogen-bond donors (Lipinski definition) is 2. The third kappa shape index (κ3) is 5.45. The zero-order valence-corrected chi connectivity index (χ0v) is 20.0. The van der Waals surface area contributed by atoms with E-state index in [0.29, 0.717) is 18.2 Å². The molecular weight excluding hydrogens is 424 g/mol. The Balaban J connectivity index is 1.89. The minimum Gasteiger partial charge on any atom is -0.491 e. The normalized spacial score (nSPS) is 12.5. The van der Waals surface area contributed by atoms with Gasteiger partial charge < -0.3 is 24.6 Å². The molecule has 0 saturated heterocycles. The van der Waals surface area contributed by atoms with Gasteiger partial charge in [0.25, 0.3) is 5.56 Å². The minimum atomic E-state index is -0.895. The van der Waals surface area contributed by atoms with Crippen LogP contribution in [-0.2, 0) is 20.6 Å². The summed E-state index contributed by atoms with van der Waals surface area (Å²) in [6.07, 6.45) is -0.895. The van der Waals surface area contributed by atoms with Crippen LogP contribution in [0.25, 0.3) is 11.2 Å². The molecule has 10 heteroatoms. The quantitative estimate of drug-likeness (QED) is 0.440. The van der Waals surface area contributed by atoms with Crippen molar-refractivity contribution >= 4 is 17.1 Å². The van der Waals surface area contributed by atoms with E-state index >= 15 is 0 Å². The smallest absolute Gasteiger partial charge is 0.332 e. The Bertz CT molecular complexity index is 1210. The molecule has 2 aromatic heterocycles. The van der Waals surface area contributed by atoms with Gasteiger partial charge in [0.1, 0.15) is 18.5 Å². The van der Waals surface area contributed by atoms with Gasteiger partial charge in [-0.15, -0.1) is 0 Å². The lowest BCUT2D eigenvalue weighted by atomic mass is 10.2. The molecular formula is C23H34N6O4. The molecule has 0 unspecified atom stereocenters. The Kier molecular flexibility index (Phi) is 7.93. The van der Waals surface area contributed by atoms with Crippen molar-refractivity contribution in [3.63, 3.8) is 0 Å². The number of aliphatic hydroxyl groups is 1. The van der Waals surface area contributed by atoms with Crippen LogP contribution >= 0.6 is 0 Å². The van der Waals surface area contributed by atoms with Crippen molar-refractivity contribution in [2.45, 2.75) is 33.4 Å². The summed E-state index contributed by atoms with van der Waals surface area (Å²) in [4.78, 5) is 32.1. The van der Waals surface area contributed by atoms with Gasteiger partial charge in [0.05, 0.1) is 6.54 Å². The highest BCUT2D eigenvalue weighted by atomic mass is 16.5. The van der Waals surface area contributed by atoms with E-state index in [0.717, 1.165) is 29.8 Å². The van der Waals surface area contributed by atoms with Crippen LogP contribution in [0.2, 0.25) is 0 Å². The maximum absolute atomic E-state index is 12.9. The summed E-state index contributed by atoms with van der Waals surface area (Å²) in [6, 6.07) is 7.59. The van der Waals surface area contributed by atoms with Gasteiger partial charge in [0.15, 0.2) is 11.2 Å². The number of nitrogens with zero attached hydrogens (tertiary/aromatic N) is 5. The van der Waals surface area contributed by atoms with Gasteiger partial charge in [-0.25, -0.2) is 4.79 Å². The number of aryl methyl sites for hydroxylation is 2. The van der Waals surface area contributed by atoms with Crippen LogP contribution in [0.1, 0.15) is 19.4 Å². The molecule has 0 bridgehead atoms. The molecule has 0 aliphatic carbocycles. The molecule has 2 N–H and O–H groups in total. The maximum Gasteiger partial charge on any atom is 0.332 e. The predicted molar refractivity (Wildman–Crippen MR) is 129 cm³/mol. The van der Waals surface area contributed by atoms with Crippen molar-refractivity contribution < 1.29 is 9.84 Å². The van der Waals surface area contributed by atoms with Crippen molar-refractivity contribution in [1.82, 2.24) is 23.6 Å². The van der Waals surface area contributed by atoms with Crippen LogP contribution in [0.3, 0.4) is 0 Å². The fourth-order valence-corrected chi connectivity index (χ4v) is 3.79. The third-order valence-corrected chi connectivity index (χ3v) is 5.78. The molecule has 3 aromatic rings. The number of fused-ring (bicyclic) bond motifs is 1. The van der Waals surface area contributed by atoms with Gasteiger partial charge >= 0.3 is 5.69 Å². The Morgan fingerprint density at radius 3 is 2.58 bits per heavy atom. The van der Waals surface area contributed by atoms with Crippen LogP contribution in [0.4, 0.5) is 5.95 Å². The molecule has 1 aromatic carbocycles. The number of ether oxygens (including phenoxy) is 1. The second-order valence-corrected chi connectivity index (χ2v) is 8.16. The Morgan fingerprint density at radius 2 is 1.91 bits per heavy atom. The Morgan fingerprint density at radius 1 is 1.18 bits per heavy atom. The van der Waals surface area contributed by atoms with Gasteiger partial charge in [0.2, 0.25) is 5.95 Å². The number of imidazole rings is 1. The van der Waals surface area contributed by atoms with E-state index in [9.17, 15) is 14.7 Å². The van der Waals surface area contributed by atoms with E-state index in [1.807, 2.05) is 31.2 Å². The summed E-state index contributed by atoms with van der Waals surface area (Å²) in [6.45, 7) is 9.57. The first kappa shape index (κ1) is 24.5. The lowest BCUT2D eigenvalue weighted by Crippen LogP contribution is -2.38. The molecule has 0 amide bonds. The standard InChI is InChI=1S/C23H34N6O4/c1-6-28(7-2)12-11-24-22-25-20-19(21(31)27(5)23(32)26(20)4)29(22)14-17(30)15-33-18-10-8-9-16(3)13-18/h8-10,13,17,30H,6-7,11-12,14-15H2,1-5H3,(H,24,25)/t17-/m1/s1. The summed E-state index contributed by atoms with van der Waals surface area (Å²) in [5.41, 5.74) is 0.700. The molecule has 3 rings (SSSR count). The van der Waals surface area contributed by atoms with Crippen LogP contribution in [0.15, 0.2) is 33.9 Å². The van der Waals surface area contributed by atoms with E-state index in [4.69, 9.17) is 4.74 Å². The summed E-state index contributed by atoms with van der Waals surface area (Å²) >= 11 is 0. The summed E-state index contributed by atoms with van der Waals surface area (Å²) in [5, 5.41) is 14.0. The first-order chi connectivity index (χ1) is 15.8. The van der Waals surface area contributed by atoms with Crippen LogP contribution in [0.5, 0.6) is 5.75 Å². The van der Waals surface area contributed by atoms with E-state index in [2.05, 4.69) is 29.0 Å². The Labute approximate surface area is 193 Å². The highest BCUT2D eigenvalue weighted by Gasteiger charge is 2.21. The van der Waals surface area contributed by atoms with Crippen molar-refractivity contribution in [3.05, 3.63) is 50.7 Å². The number of anilines is 1. The van der Waals surface area contributed by atoms with Crippen molar-refractivity contribution in [1.29, 1.82) is 0 Å². The van der Waals surface area contributed by atoms with Gasteiger partial charge in [-0.1, -0.05) is 26.0 Å². The molecule has 0 saturated carbocycles. The number of aromatic nitrogens is 4. The largest absolute Gasteiger partial charge is 0.491 e. The first-order valence-electron chi connectivity index (χ1n) is 11.3. The zero-order chi connectivity index (χ0) is 24.1. The van der Waals surface area contributed by atoms with E-state index in [1.165, 1.54) is 11.6 Å². The molecule has 0 fully saturated rings. The van der Waals surface area contributed by atoms with Gasteiger partial charge in [-0.05, 0) is 37.7 Å². The monoisotopic (exact) mass is 458 g/mol. The fourth-order valence-electron chi connectivity index (χ4n) is 3.79. The lowest BCUT2D eigenvalue weighted by molar-refractivity contribution is 0.0938. The molecule has 0 spiro atoms. The Hall–Kier alpha value is -3.11. The highest BCUT2D eigenvalue weighted by Crippen LogP contribution is 2.17. The second kappa shape index (κ2) is 10.7. The number of rotatable bonds is 11. The topological polar surface area (TPSA) is 107 Å². The van der Waals surface area contributed by atoms with Crippen molar-refractivity contribution in [2.24, 2.45) is 14.1 Å². The molecule has 180 valence electrons. The number of likely N-dealkylation sites (N-methyl/N-ethyl adjacent to an activating group) is 1. The van der Waals surface area contributed by atoms with Crippen LogP contribution in [0, 0.1) is 6.92 Å². The van der Waals surface area contributed by atoms with Crippen molar-refractivity contribution in [2.75, 3.05) is 38.1 Å². The summed E-state index contributed by atoms with van der Waals surface area (Å²) in [7, 11) is 3.02. The van der Waals surface area contributed by atoms with Crippen LogP contribution in [-0.4, -0.2) is 67.6 Å². The molecule has 0 radical (unpaired) electrons. The average molecular weight is 459 g/mol. The first-order valence-corrected chi connectivity index (χ1v) is 11.3. The summed E-state index contributed by atoms with van der Waals surface area (Å²) in [5.74, 6) is 1.10. The minimum absolute atomic E-state index is 0.0497. The van der Waals surface area contributed by atoms with Crippen molar-refractivity contribution in [3.8, 4) is 5.75 Å². The second-order valence-electron chi connectivity index (χ2n) is 8.16. The van der Waals surface area contributed by atoms with Gasteiger partial charge in [-0.3, -0.25) is 13.9 Å². The number of benzene rings is 1. The lowest BCUT2D eigenvalue weighted by Gasteiger charge is -2.19. The zero-order valence-electron chi connectivity index (χ0n) is 20.0. The van der Waals surface area contributed by atoms with Crippen LogP contribution < -0.4 is 21.3 Å². The number of hydrogen-bond acceptors (Lipinski definition) is 7. The predicted octanol–water partition coefficient (Wildman–Crippen LogP) is 0.936. The number of nitrogens with one attached hydrogen (secondary N) is 1. The summed E-state index contributed by atoms with van der Waals surface area (Å²) < 4.78 is 9.78. The van der Waals surface area contributed by atoms with E-state index in [-0.39, 0.29) is 24.3 Å². The molecule has 2 heterocycles. The molecule has 10 nitrogen and oxygen atoms in total. The molecule has 0 aliphatic heterocycles. The highest BCUT2D eigenvalue weighted by molar-refractivity contribution is 5.74. The molecule has 33 heavy (non-hydrogen) atoms. The van der Waals surface area contributed by atoms with E-state index in [1.54, 1.807) is 11.6 Å². The SMILES string of the molecule is CCN(CC)CCNc1nc2c(c(=O)n(C)c(=O)n2C)n1C[C@@H](O)COc1cccc(C)c1. The van der Waals surface area contributed by atoms with E-state index < -0.39 is 17.4 Å². The maximum atomic E-state index is 12.9. The molecule has 1 atom stereocenters. The van der Waals surface area contributed by atoms with Gasteiger partial charge in [-0.2, -0.15) is 4.98 Å². The fraction of sp³-hybridized carbons (Fsp3) is 0.522.